The van der Waals surface area contributed by atoms with Crippen LogP contribution in [-0.4, -0.2) is 42.9 Å². The Labute approximate surface area is 140 Å². The van der Waals surface area contributed by atoms with Gasteiger partial charge in [-0.15, -0.1) is 5.01 Å². The molecule has 1 spiro atoms. The Hall–Kier alpha value is -2.57. The maximum absolute atomic E-state index is 12.6. The van der Waals surface area contributed by atoms with Gasteiger partial charge in [0.05, 0.1) is 20.4 Å². The van der Waals surface area contributed by atoms with Crippen molar-refractivity contribution >= 4 is 18.2 Å². The van der Waals surface area contributed by atoms with E-state index >= 15 is 0 Å². The van der Waals surface area contributed by atoms with Crippen molar-refractivity contribution in [2.45, 2.75) is 37.6 Å². The molecular formula is C17H21N3O4. The predicted octanol–water partition coefficient (Wildman–Crippen LogP) is 2.29. The molecule has 1 aliphatic carbocycles. The number of methoxy groups -OCH3 is 2. The lowest BCUT2D eigenvalue weighted by atomic mass is 9.82. The molecule has 0 bridgehead atoms. The number of hydrogen-bond acceptors (Lipinski definition) is 5. The molecule has 128 valence electrons. The number of rotatable bonds is 4. The topological polar surface area (TPSA) is 80.2 Å². The second kappa shape index (κ2) is 6.51. The highest BCUT2D eigenvalue weighted by atomic mass is 16.5. The molecule has 1 saturated carbocycles. The Balaban J connectivity index is 1.79. The average Bonchev–Trinajstić information content (AvgIpc) is 2.83. The Kier molecular flexibility index (Phi) is 4.42. The molecule has 0 atom stereocenters. The molecule has 7 nitrogen and oxygen atoms in total. The zero-order valence-corrected chi connectivity index (χ0v) is 13.9. The Morgan fingerprint density at radius 3 is 2.50 bits per heavy atom. The van der Waals surface area contributed by atoms with Crippen LogP contribution >= 0.6 is 0 Å². The lowest BCUT2D eigenvalue weighted by Gasteiger charge is -2.29. The summed E-state index contributed by atoms with van der Waals surface area (Å²) in [6.07, 6.45) is 5.82. The fraction of sp³-hybridized carbons (Fsp3) is 0.471. The number of imide groups is 1. The highest BCUT2D eigenvalue weighted by Crippen LogP contribution is 2.33. The van der Waals surface area contributed by atoms with Crippen molar-refractivity contribution in [3.63, 3.8) is 0 Å². The fourth-order valence-corrected chi connectivity index (χ4v) is 3.26. The molecular weight excluding hydrogens is 310 g/mol. The molecule has 2 fully saturated rings. The van der Waals surface area contributed by atoms with Crippen molar-refractivity contribution in [1.29, 1.82) is 0 Å². The lowest BCUT2D eigenvalue weighted by molar-refractivity contribution is -0.132. The van der Waals surface area contributed by atoms with Crippen LogP contribution < -0.4 is 14.8 Å². The summed E-state index contributed by atoms with van der Waals surface area (Å²) in [5.74, 6) is 0.900. The van der Waals surface area contributed by atoms with Gasteiger partial charge >= 0.3 is 6.03 Å². The molecule has 1 aromatic rings. The van der Waals surface area contributed by atoms with Gasteiger partial charge in [0, 0.05) is 0 Å². The van der Waals surface area contributed by atoms with E-state index < -0.39 is 11.6 Å². The largest absolute Gasteiger partial charge is 0.493 e. The number of amides is 3. The van der Waals surface area contributed by atoms with Crippen molar-refractivity contribution in [2.24, 2.45) is 5.10 Å². The number of benzene rings is 1. The second-order valence-electron chi connectivity index (χ2n) is 6.05. The van der Waals surface area contributed by atoms with E-state index in [1.54, 1.807) is 32.4 Å². The fourth-order valence-electron chi connectivity index (χ4n) is 3.26. The van der Waals surface area contributed by atoms with Gasteiger partial charge in [0.2, 0.25) is 0 Å². The molecule has 1 heterocycles. The van der Waals surface area contributed by atoms with E-state index in [4.69, 9.17) is 9.47 Å². The monoisotopic (exact) mass is 331 g/mol. The summed E-state index contributed by atoms with van der Waals surface area (Å²) in [5.41, 5.74) is -0.0533. The summed E-state index contributed by atoms with van der Waals surface area (Å²) in [4.78, 5) is 24.8. The highest BCUT2D eigenvalue weighted by molar-refractivity contribution is 6.07. The van der Waals surface area contributed by atoms with Crippen LogP contribution in [0.15, 0.2) is 23.3 Å². The van der Waals surface area contributed by atoms with Crippen LogP contribution in [0.2, 0.25) is 0 Å². The molecule has 1 aromatic carbocycles. The zero-order valence-electron chi connectivity index (χ0n) is 13.9. The number of nitrogens with zero attached hydrogens (tertiary/aromatic N) is 2. The number of hydrazone groups is 1. The van der Waals surface area contributed by atoms with Crippen LogP contribution in [0.5, 0.6) is 11.5 Å². The summed E-state index contributed by atoms with van der Waals surface area (Å²) in [6, 6.07) is 4.80. The molecule has 1 saturated heterocycles. The zero-order chi connectivity index (χ0) is 17.2. The first-order valence-corrected chi connectivity index (χ1v) is 8.02. The van der Waals surface area contributed by atoms with Crippen molar-refractivity contribution < 1.29 is 19.1 Å². The first-order chi connectivity index (χ1) is 11.6. The van der Waals surface area contributed by atoms with E-state index in [-0.39, 0.29) is 5.91 Å². The summed E-state index contributed by atoms with van der Waals surface area (Å²) >= 11 is 0. The van der Waals surface area contributed by atoms with E-state index in [0.717, 1.165) is 24.3 Å². The molecule has 1 aliphatic heterocycles. The van der Waals surface area contributed by atoms with Gasteiger partial charge in [0.15, 0.2) is 11.5 Å². The van der Waals surface area contributed by atoms with Gasteiger partial charge in [-0.05, 0) is 36.6 Å². The normalized spacial score (nSPS) is 19.8. The number of urea groups is 1. The van der Waals surface area contributed by atoms with Gasteiger partial charge in [-0.25, -0.2) is 4.79 Å². The molecule has 2 aliphatic rings. The lowest BCUT2D eigenvalue weighted by Crippen LogP contribution is -2.48. The third-order valence-electron chi connectivity index (χ3n) is 4.58. The average molecular weight is 331 g/mol. The number of carbonyl (C=O) groups excluding carboxylic acids is 2. The van der Waals surface area contributed by atoms with Gasteiger partial charge in [-0.3, -0.25) is 4.79 Å². The van der Waals surface area contributed by atoms with E-state index in [1.165, 1.54) is 6.21 Å². The van der Waals surface area contributed by atoms with Crippen LogP contribution in [0, 0.1) is 0 Å². The van der Waals surface area contributed by atoms with Gasteiger partial charge in [0.25, 0.3) is 5.91 Å². The van der Waals surface area contributed by atoms with E-state index in [2.05, 4.69) is 10.4 Å². The molecule has 3 amide bonds. The van der Waals surface area contributed by atoms with Crippen LogP contribution in [0.4, 0.5) is 4.79 Å². The Bertz CT molecular complexity index is 680. The van der Waals surface area contributed by atoms with Gasteiger partial charge in [-0.2, -0.15) is 5.10 Å². The number of ether oxygens (including phenoxy) is 2. The molecule has 0 aromatic heterocycles. The van der Waals surface area contributed by atoms with Crippen LogP contribution in [-0.2, 0) is 4.79 Å². The summed E-state index contributed by atoms with van der Waals surface area (Å²) in [6.45, 7) is 0. The molecule has 7 heteroatoms. The first kappa shape index (κ1) is 16.3. The van der Waals surface area contributed by atoms with E-state index in [9.17, 15) is 9.59 Å². The van der Waals surface area contributed by atoms with Crippen molar-refractivity contribution in [3.8, 4) is 11.5 Å². The molecule has 0 unspecified atom stereocenters. The first-order valence-electron chi connectivity index (χ1n) is 8.02. The second-order valence-corrected chi connectivity index (χ2v) is 6.05. The molecule has 0 radical (unpaired) electrons. The van der Waals surface area contributed by atoms with Crippen LogP contribution in [0.25, 0.3) is 0 Å². The van der Waals surface area contributed by atoms with E-state index in [0.29, 0.717) is 29.9 Å². The van der Waals surface area contributed by atoms with Gasteiger partial charge < -0.3 is 14.8 Å². The minimum Gasteiger partial charge on any atom is -0.493 e. The standard InChI is InChI=1S/C17H21N3O4/c1-23-13-7-6-12(10-14(13)24-2)11-18-20-15(21)17(19-16(20)22)8-4-3-5-9-17/h6-7,10-11H,3-5,8-9H2,1-2H3,(H,19,22). The smallest absolute Gasteiger partial charge is 0.346 e. The SMILES string of the molecule is COc1ccc(C=NN2C(=O)NC3(CCCCC3)C2=O)cc1OC. The number of hydrogen-bond donors (Lipinski definition) is 1. The van der Waals surface area contributed by atoms with E-state index in [1.807, 2.05) is 0 Å². The van der Waals surface area contributed by atoms with Gasteiger partial charge in [0.1, 0.15) is 5.54 Å². The minimum absolute atomic E-state index is 0.260. The van der Waals surface area contributed by atoms with Crippen molar-refractivity contribution in [1.82, 2.24) is 10.3 Å². The minimum atomic E-state index is -0.760. The summed E-state index contributed by atoms with van der Waals surface area (Å²) in [7, 11) is 3.10. The third-order valence-corrected chi connectivity index (χ3v) is 4.58. The number of carbonyl (C=O) groups is 2. The highest BCUT2D eigenvalue weighted by Gasteiger charge is 2.51. The predicted molar refractivity (Wildman–Crippen MR) is 88.3 cm³/mol. The quantitative estimate of drug-likeness (QED) is 0.678. The maximum Gasteiger partial charge on any atom is 0.346 e. The van der Waals surface area contributed by atoms with Crippen molar-refractivity contribution in [3.05, 3.63) is 23.8 Å². The van der Waals surface area contributed by atoms with Gasteiger partial charge in [-0.1, -0.05) is 19.3 Å². The number of nitrogens with one attached hydrogen (secondary N) is 1. The third kappa shape index (κ3) is 2.81. The molecule has 3 rings (SSSR count). The summed E-state index contributed by atoms with van der Waals surface area (Å²) < 4.78 is 10.4. The van der Waals surface area contributed by atoms with Crippen LogP contribution in [0.3, 0.4) is 0 Å². The molecule has 24 heavy (non-hydrogen) atoms. The maximum atomic E-state index is 12.6. The van der Waals surface area contributed by atoms with Crippen molar-refractivity contribution in [2.75, 3.05) is 14.2 Å². The van der Waals surface area contributed by atoms with Crippen LogP contribution in [0.1, 0.15) is 37.7 Å². The Morgan fingerprint density at radius 2 is 1.83 bits per heavy atom. The summed E-state index contributed by atoms with van der Waals surface area (Å²) in [5, 5.41) is 7.84. The Morgan fingerprint density at radius 1 is 1.12 bits per heavy atom. The molecule has 1 N–H and O–H groups in total.